The van der Waals surface area contributed by atoms with Crippen molar-refractivity contribution >= 4 is 0 Å². The molecule has 4 nitrogen and oxygen atoms in total. The van der Waals surface area contributed by atoms with Crippen LogP contribution in [0, 0.1) is 0 Å². The van der Waals surface area contributed by atoms with Gasteiger partial charge in [0.25, 0.3) is 0 Å². The van der Waals surface area contributed by atoms with Crippen LogP contribution in [-0.2, 0) is 15.9 Å². The summed E-state index contributed by atoms with van der Waals surface area (Å²) < 4.78 is 17.2. The van der Waals surface area contributed by atoms with E-state index in [2.05, 4.69) is 13.0 Å². The van der Waals surface area contributed by atoms with Gasteiger partial charge in [0.1, 0.15) is 11.9 Å². The van der Waals surface area contributed by atoms with E-state index in [-0.39, 0.29) is 24.9 Å². The van der Waals surface area contributed by atoms with Crippen molar-refractivity contribution in [2.24, 2.45) is 0 Å². The fourth-order valence-corrected chi connectivity index (χ4v) is 2.05. The normalized spacial score (nSPS) is 15.3. The highest BCUT2D eigenvalue weighted by Crippen LogP contribution is 2.21. The van der Waals surface area contributed by atoms with E-state index in [1.54, 1.807) is 0 Å². The second-order valence-corrected chi connectivity index (χ2v) is 5.76. The van der Waals surface area contributed by atoms with Crippen molar-refractivity contribution in [3.05, 3.63) is 29.8 Å². The van der Waals surface area contributed by atoms with Crippen molar-refractivity contribution in [1.82, 2.24) is 0 Å². The minimum Gasteiger partial charge on any atom is -0.488 e. The first-order chi connectivity index (χ1) is 10.6. The first-order valence-electron chi connectivity index (χ1n) is 8.15. The molecule has 1 aromatic rings. The third-order valence-electron chi connectivity index (χ3n) is 3.31. The molecular formula is C18H30O4. The van der Waals surface area contributed by atoms with Gasteiger partial charge in [-0.25, -0.2) is 0 Å². The molecule has 0 saturated carbocycles. The molecule has 0 aromatic heterocycles. The quantitative estimate of drug-likeness (QED) is 0.682. The largest absolute Gasteiger partial charge is 0.488 e. The lowest BCUT2D eigenvalue weighted by Gasteiger charge is -2.21. The Morgan fingerprint density at radius 1 is 0.955 bits per heavy atom. The molecule has 3 atom stereocenters. The van der Waals surface area contributed by atoms with Gasteiger partial charge in [0.2, 0.25) is 0 Å². The van der Waals surface area contributed by atoms with E-state index in [9.17, 15) is 0 Å². The summed E-state index contributed by atoms with van der Waals surface area (Å²) in [5.41, 5.74) is 1.24. The van der Waals surface area contributed by atoms with E-state index in [0.717, 1.165) is 18.6 Å². The Morgan fingerprint density at radius 2 is 1.59 bits per heavy atom. The summed E-state index contributed by atoms with van der Waals surface area (Å²) >= 11 is 0. The lowest BCUT2D eigenvalue weighted by molar-refractivity contribution is -0.0591. The van der Waals surface area contributed by atoms with Gasteiger partial charge in [-0.1, -0.05) is 31.5 Å². The lowest BCUT2D eigenvalue weighted by atomic mass is 10.1. The lowest BCUT2D eigenvalue weighted by Crippen LogP contribution is -2.27. The second kappa shape index (κ2) is 10.6. The number of aryl methyl sites for hydroxylation is 1. The minimum absolute atomic E-state index is 0.0179. The van der Waals surface area contributed by atoms with Crippen LogP contribution in [0.3, 0.4) is 0 Å². The van der Waals surface area contributed by atoms with Gasteiger partial charge in [-0.2, -0.15) is 0 Å². The predicted molar refractivity (Wildman–Crippen MR) is 88.4 cm³/mol. The molecule has 0 saturated heterocycles. The Hall–Kier alpha value is -1.10. The van der Waals surface area contributed by atoms with Crippen molar-refractivity contribution in [2.75, 3.05) is 19.8 Å². The van der Waals surface area contributed by atoms with Gasteiger partial charge < -0.3 is 19.3 Å². The van der Waals surface area contributed by atoms with Crippen LogP contribution in [0.2, 0.25) is 0 Å². The summed E-state index contributed by atoms with van der Waals surface area (Å²) in [4.78, 5) is 0. The van der Waals surface area contributed by atoms with Crippen LogP contribution < -0.4 is 4.74 Å². The summed E-state index contributed by atoms with van der Waals surface area (Å²) in [6.45, 7) is 8.98. The standard InChI is InChI=1S/C18H30O4/c1-5-8-17-9-6-7-10-18(17)22-16(4)13-21-15(3)12-20-14(2)11-19/h6-7,9-10,14-16,19H,5,8,11-13H2,1-4H3. The highest BCUT2D eigenvalue weighted by atomic mass is 16.6. The van der Waals surface area contributed by atoms with Crippen molar-refractivity contribution in [1.29, 1.82) is 0 Å². The molecule has 0 aliphatic rings. The molecule has 126 valence electrons. The average molecular weight is 310 g/mol. The molecule has 1 N–H and O–H groups in total. The number of hydrogen-bond acceptors (Lipinski definition) is 4. The number of ether oxygens (including phenoxy) is 3. The molecule has 1 rings (SSSR count). The number of para-hydroxylation sites is 1. The van der Waals surface area contributed by atoms with Gasteiger partial charge in [-0.3, -0.25) is 0 Å². The van der Waals surface area contributed by atoms with Gasteiger partial charge in [0.15, 0.2) is 0 Å². The van der Waals surface area contributed by atoms with Gasteiger partial charge in [-0.15, -0.1) is 0 Å². The molecule has 22 heavy (non-hydrogen) atoms. The highest BCUT2D eigenvalue weighted by molar-refractivity contribution is 5.33. The predicted octanol–water partition coefficient (Wildman–Crippen LogP) is 3.21. The summed E-state index contributed by atoms with van der Waals surface area (Å²) in [7, 11) is 0. The van der Waals surface area contributed by atoms with Crippen LogP contribution in [-0.4, -0.2) is 43.2 Å². The number of rotatable bonds is 11. The van der Waals surface area contributed by atoms with Crippen LogP contribution in [0.5, 0.6) is 5.75 Å². The SMILES string of the molecule is CCCc1ccccc1OC(C)COC(C)COC(C)CO. The maximum absolute atomic E-state index is 8.91. The Morgan fingerprint density at radius 3 is 2.27 bits per heavy atom. The van der Waals surface area contributed by atoms with Crippen molar-refractivity contribution < 1.29 is 19.3 Å². The fourth-order valence-electron chi connectivity index (χ4n) is 2.05. The fraction of sp³-hybridized carbons (Fsp3) is 0.667. The molecule has 0 spiro atoms. The third-order valence-corrected chi connectivity index (χ3v) is 3.31. The molecule has 1 aromatic carbocycles. The first-order valence-corrected chi connectivity index (χ1v) is 8.15. The van der Waals surface area contributed by atoms with E-state index in [1.807, 2.05) is 39.0 Å². The van der Waals surface area contributed by atoms with Crippen molar-refractivity contribution in [3.8, 4) is 5.75 Å². The molecule has 4 heteroatoms. The molecule has 0 amide bonds. The van der Waals surface area contributed by atoms with Gasteiger partial charge >= 0.3 is 0 Å². The van der Waals surface area contributed by atoms with Crippen LogP contribution >= 0.6 is 0 Å². The molecule has 0 fully saturated rings. The van der Waals surface area contributed by atoms with Gasteiger partial charge in [-0.05, 0) is 38.8 Å². The number of aliphatic hydroxyl groups excluding tert-OH is 1. The highest BCUT2D eigenvalue weighted by Gasteiger charge is 2.11. The Balaban J connectivity index is 2.35. The molecule has 0 aliphatic carbocycles. The van der Waals surface area contributed by atoms with Crippen molar-refractivity contribution in [2.45, 2.75) is 58.8 Å². The zero-order valence-electron chi connectivity index (χ0n) is 14.2. The summed E-state index contributed by atoms with van der Waals surface area (Å²) in [5, 5.41) is 8.91. The molecule has 3 unspecified atom stereocenters. The molecule has 0 heterocycles. The van der Waals surface area contributed by atoms with E-state index in [4.69, 9.17) is 19.3 Å². The number of benzene rings is 1. The average Bonchev–Trinajstić information content (AvgIpc) is 2.52. The van der Waals surface area contributed by atoms with Crippen LogP contribution in [0.15, 0.2) is 24.3 Å². The summed E-state index contributed by atoms with van der Waals surface area (Å²) in [6.07, 6.45) is 1.93. The second-order valence-electron chi connectivity index (χ2n) is 5.76. The Bertz CT molecular complexity index is 408. The number of aliphatic hydroxyl groups is 1. The van der Waals surface area contributed by atoms with Crippen LogP contribution in [0.25, 0.3) is 0 Å². The van der Waals surface area contributed by atoms with Gasteiger partial charge in [0, 0.05) is 0 Å². The first kappa shape index (κ1) is 18.9. The molecule has 0 radical (unpaired) electrons. The smallest absolute Gasteiger partial charge is 0.123 e. The topological polar surface area (TPSA) is 47.9 Å². The van der Waals surface area contributed by atoms with Crippen LogP contribution in [0.1, 0.15) is 39.7 Å². The zero-order chi connectivity index (χ0) is 16.4. The maximum atomic E-state index is 8.91. The summed E-state index contributed by atoms with van der Waals surface area (Å²) in [5.74, 6) is 0.943. The summed E-state index contributed by atoms with van der Waals surface area (Å²) in [6, 6.07) is 8.16. The molecular weight excluding hydrogens is 280 g/mol. The van der Waals surface area contributed by atoms with E-state index in [0.29, 0.717) is 13.2 Å². The van der Waals surface area contributed by atoms with E-state index >= 15 is 0 Å². The van der Waals surface area contributed by atoms with Crippen molar-refractivity contribution in [3.63, 3.8) is 0 Å². The van der Waals surface area contributed by atoms with Gasteiger partial charge in [0.05, 0.1) is 32.0 Å². The molecule has 0 bridgehead atoms. The Labute approximate surface area is 134 Å². The zero-order valence-corrected chi connectivity index (χ0v) is 14.2. The number of hydrogen-bond donors (Lipinski definition) is 1. The van der Waals surface area contributed by atoms with E-state index < -0.39 is 0 Å². The third kappa shape index (κ3) is 7.25. The minimum atomic E-state index is -0.152. The monoisotopic (exact) mass is 310 g/mol. The Kier molecular flexibility index (Phi) is 9.13. The molecule has 0 aliphatic heterocycles. The maximum Gasteiger partial charge on any atom is 0.123 e. The van der Waals surface area contributed by atoms with E-state index in [1.165, 1.54) is 5.56 Å². The van der Waals surface area contributed by atoms with Crippen LogP contribution in [0.4, 0.5) is 0 Å².